The molecule has 7 heteroatoms. The molecule has 1 aromatic rings. The summed E-state index contributed by atoms with van der Waals surface area (Å²) in [7, 11) is 0. The van der Waals surface area contributed by atoms with Gasteiger partial charge in [-0.3, -0.25) is 14.9 Å². The Morgan fingerprint density at radius 3 is 2.62 bits per heavy atom. The Labute approximate surface area is 120 Å². The summed E-state index contributed by atoms with van der Waals surface area (Å²) >= 11 is 0. The molecule has 1 amide bonds. The molecule has 0 spiro atoms. The zero-order valence-corrected chi connectivity index (χ0v) is 11.8. The molecule has 1 aliphatic heterocycles. The Bertz CT molecular complexity index is 592. The molecular formula is C14H16F2N2O3. The van der Waals surface area contributed by atoms with E-state index in [0.717, 1.165) is 18.9 Å². The van der Waals surface area contributed by atoms with E-state index in [1.165, 1.54) is 4.90 Å². The molecule has 0 aliphatic carbocycles. The third-order valence-electron chi connectivity index (χ3n) is 3.84. The predicted molar refractivity (Wildman–Crippen MR) is 71.9 cm³/mol. The lowest BCUT2D eigenvalue weighted by molar-refractivity contribution is -0.387. The standard InChI is InChI=1S/C14H16F2N2O3/c1-8-3-4-17(9(2)5-8)14(19)11-6-10(15)7-12(13(11)16)18(20)21/h6-9H,3-5H2,1-2H3. The van der Waals surface area contributed by atoms with Gasteiger partial charge in [0.2, 0.25) is 5.82 Å². The molecule has 1 aromatic carbocycles. The summed E-state index contributed by atoms with van der Waals surface area (Å²) in [5.74, 6) is -2.52. The number of piperidine rings is 1. The van der Waals surface area contributed by atoms with Gasteiger partial charge in [0.25, 0.3) is 5.91 Å². The summed E-state index contributed by atoms with van der Waals surface area (Å²) in [6.07, 6.45) is 1.54. The predicted octanol–water partition coefficient (Wildman–Crippen LogP) is 3.13. The molecule has 5 nitrogen and oxygen atoms in total. The SMILES string of the molecule is CC1CCN(C(=O)c2cc(F)cc([N+](=O)[O-])c2F)C(C)C1. The van der Waals surface area contributed by atoms with Crippen molar-refractivity contribution < 1.29 is 18.5 Å². The number of nitrogens with zero attached hydrogens (tertiary/aromatic N) is 2. The van der Waals surface area contributed by atoms with E-state index in [4.69, 9.17) is 0 Å². The van der Waals surface area contributed by atoms with Crippen molar-refractivity contribution in [3.05, 3.63) is 39.4 Å². The van der Waals surface area contributed by atoms with E-state index < -0.39 is 33.7 Å². The van der Waals surface area contributed by atoms with E-state index >= 15 is 0 Å². The molecule has 2 unspecified atom stereocenters. The van der Waals surface area contributed by atoms with Crippen molar-refractivity contribution in [2.75, 3.05) is 6.54 Å². The number of carbonyl (C=O) groups is 1. The number of nitro benzene ring substituents is 1. The number of halogens is 2. The monoisotopic (exact) mass is 298 g/mol. The van der Waals surface area contributed by atoms with Crippen molar-refractivity contribution in [2.24, 2.45) is 5.92 Å². The molecule has 1 heterocycles. The van der Waals surface area contributed by atoms with Crippen molar-refractivity contribution >= 4 is 11.6 Å². The van der Waals surface area contributed by atoms with E-state index in [9.17, 15) is 23.7 Å². The molecule has 1 aliphatic rings. The van der Waals surface area contributed by atoms with Crippen LogP contribution in [0.4, 0.5) is 14.5 Å². The Hall–Kier alpha value is -2.05. The zero-order chi connectivity index (χ0) is 15.7. The van der Waals surface area contributed by atoms with Gasteiger partial charge < -0.3 is 4.90 Å². The lowest BCUT2D eigenvalue weighted by atomic mass is 9.93. The minimum atomic E-state index is -1.28. The highest BCUT2D eigenvalue weighted by molar-refractivity contribution is 5.95. The fourth-order valence-corrected chi connectivity index (χ4v) is 2.73. The first kappa shape index (κ1) is 15.3. The number of hydrogen-bond acceptors (Lipinski definition) is 3. The van der Waals surface area contributed by atoms with Crippen LogP contribution in [0.3, 0.4) is 0 Å². The molecule has 0 bridgehead atoms. The summed E-state index contributed by atoms with van der Waals surface area (Å²) in [5, 5.41) is 10.7. The Morgan fingerprint density at radius 1 is 1.38 bits per heavy atom. The molecule has 1 fully saturated rings. The normalized spacial score (nSPS) is 22.2. The lowest BCUT2D eigenvalue weighted by Gasteiger charge is -2.36. The summed E-state index contributed by atoms with van der Waals surface area (Å²) in [6, 6.07) is 1.09. The number of hydrogen-bond donors (Lipinski definition) is 0. The highest BCUT2D eigenvalue weighted by atomic mass is 19.1. The average molecular weight is 298 g/mol. The third-order valence-corrected chi connectivity index (χ3v) is 3.84. The van der Waals surface area contributed by atoms with Crippen molar-refractivity contribution in [2.45, 2.75) is 32.7 Å². The maximum absolute atomic E-state index is 14.1. The quantitative estimate of drug-likeness (QED) is 0.622. The molecule has 21 heavy (non-hydrogen) atoms. The average Bonchev–Trinajstić information content (AvgIpc) is 2.40. The second-order valence-corrected chi connectivity index (χ2v) is 5.52. The number of nitro groups is 1. The zero-order valence-electron chi connectivity index (χ0n) is 11.8. The van der Waals surface area contributed by atoms with Crippen LogP contribution in [0.15, 0.2) is 12.1 Å². The van der Waals surface area contributed by atoms with E-state index in [-0.39, 0.29) is 6.04 Å². The Kier molecular flexibility index (Phi) is 4.20. The van der Waals surface area contributed by atoms with E-state index in [1.54, 1.807) is 0 Å². The fraction of sp³-hybridized carbons (Fsp3) is 0.500. The van der Waals surface area contributed by atoms with Crippen LogP contribution in [0.2, 0.25) is 0 Å². The van der Waals surface area contributed by atoms with Gasteiger partial charge in [-0.1, -0.05) is 6.92 Å². The van der Waals surface area contributed by atoms with Gasteiger partial charge in [-0.05, 0) is 31.7 Å². The summed E-state index contributed by atoms with van der Waals surface area (Å²) in [4.78, 5) is 23.5. The van der Waals surface area contributed by atoms with Crippen LogP contribution in [-0.4, -0.2) is 28.3 Å². The first-order valence-corrected chi connectivity index (χ1v) is 6.75. The molecule has 2 atom stereocenters. The first-order chi connectivity index (χ1) is 9.81. The highest BCUT2D eigenvalue weighted by Crippen LogP contribution is 2.27. The first-order valence-electron chi connectivity index (χ1n) is 6.75. The second kappa shape index (κ2) is 5.75. The third kappa shape index (κ3) is 3.01. The van der Waals surface area contributed by atoms with Crippen LogP contribution in [0.5, 0.6) is 0 Å². The number of amides is 1. The number of rotatable bonds is 2. The van der Waals surface area contributed by atoms with Crippen LogP contribution in [0, 0.1) is 27.7 Å². The van der Waals surface area contributed by atoms with Gasteiger partial charge in [-0.2, -0.15) is 4.39 Å². The maximum atomic E-state index is 14.1. The summed E-state index contributed by atoms with van der Waals surface area (Å²) in [5.41, 5.74) is -1.60. The topological polar surface area (TPSA) is 63.5 Å². The molecule has 2 rings (SSSR count). The second-order valence-electron chi connectivity index (χ2n) is 5.52. The van der Waals surface area contributed by atoms with Gasteiger partial charge >= 0.3 is 5.69 Å². The largest absolute Gasteiger partial charge is 0.336 e. The van der Waals surface area contributed by atoms with E-state index in [1.807, 2.05) is 6.92 Å². The van der Waals surface area contributed by atoms with Gasteiger partial charge in [0.05, 0.1) is 16.6 Å². The van der Waals surface area contributed by atoms with Crippen molar-refractivity contribution in [1.82, 2.24) is 4.90 Å². The molecule has 0 saturated carbocycles. The van der Waals surface area contributed by atoms with Crippen LogP contribution in [-0.2, 0) is 0 Å². The molecule has 0 N–H and O–H groups in total. The van der Waals surface area contributed by atoms with E-state index in [0.29, 0.717) is 18.5 Å². The Morgan fingerprint density at radius 2 is 2.05 bits per heavy atom. The fourth-order valence-electron chi connectivity index (χ4n) is 2.73. The van der Waals surface area contributed by atoms with Crippen LogP contribution >= 0.6 is 0 Å². The molecule has 0 radical (unpaired) electrons. The van der Waals surface area contributed by atoms with Gasteiger partial charge in [-0.15, -0.1) is 0 Å². The minimum Gasteiger partial charge on any atom is -0.336 e. The highest BCUT2D eigenvalue weighted by Gasteiger charge is 2.32. The smallest absolute Gasteiger partial charge is 0.308 e. The minimum absolute atomic E-state index is 0.108. The molecule has 0 aromatic heterocycles. The van der Waals surface area contributed by atoms with Crippen LogP contribution in [0.25, 0.3) is 0 Å². The van der Waals surface area contributed by atoms with Crippen molar-refractivity contribution in [3.63, 3.8) is 0 Å². The number of likely N-dealkylation sites (tertiary alicyclic amines) is 1. The number of carbonyl (C=O) groups excluding carboxylic acids is 1. The maximum Gasteiger partial charge on any atom is 0.308 e. The van der Waals surface area contributed by atoms with Crippen LogP contribution < -0.4 is 0 Å². The van der Waals surface area contributed by atoms with E-state index in [2.05, 4.69) is 6.92 Å². The number of benzene rings is 1. The van der Waals surface area contributed by atoms with Crippen molar-refractivity contribution in [3.8, 4) is 0 Å². The van der Waals surface area contributed by atoms with Gasteiger partial charge in [0.15, 0.2) is 0 Å². The van der Waals surface area contributed by atoms with Gasteiger partial charge in [0, 0.05) is 12.6 Å². The van der Waals surface area contributed by atoms with Gasteiger partial charge in [0.1, 0.15) is 5.82 Å². The molecule has 1 saturated heterocycles. The van der Waals surface area contributed by atoms with Crippen LogP contribution in [0.1, 0.15) is 37.0 Å². The van der Waals surface area contributed by atoms with Gasteiger partial charge in [-0.25, -0.2) is 4.39 Å². The summed E-state index contributed by atoms with van der Waals surface area (Å²) < 4.78 is 27.5. The lowest BCUT2D eigenvalue weighted by Crippen LogP contribution is -2.44. The molecule has 114 valence electrons. The summed E-state index contributed by atoms with van der Waals surface area (Å²) in [6.45, 7) is 4.33. The molecular weight excluding hydrogens is 282 g/mol. The van der Waals surface area contributed by atoms with Crippen molar-refractivity contribution in [1.29, 1.82) is 0 Å². The Balaban J connectivity index is 2.37.